The Bertz CT molecular complexity index is 172. The van der Waals surface area contributed by atoms with Crippen molar-refractivity contribution in [1.29, 1.82) is 0 Å². The average Bonchev–Trinajstić information content (AvgIpc) is 2.19. The van der Waals surface area contributed by atoms with Crippen LogP contribution in [0.2, 0.25) is 0 Å². The lowest BCUT2D eigenvalue weighted by Crippen LogP contribution is -2.39. The molecule has 0 radical (unpaired) electrons. The Labute approximate surface area is 101 Å². The summed E-state index contributed by atoms with van der Waals surface area (Å²) in [5.74, 6) is 0.193. The summed E-state index contributed by atoms with van der Waals surface area (Å²) in [4.78, 5) is 2.29. The first-order valence-corrected chi connectivity index (χ1v) is 6.86. The van der Waals surface area contributed by atoms with Crippen molar-refractivity contribution in [3.05, 3.63) is 0 Å². The minimum absolute atomic E-state index is 0.434. The normalized spacial score (nSPS) is 19.5. The molecular formula is C12H26F2NP. The van der Waals surface area contributed by atoms with Gasteiger partial charge < -0.3 is 4.90 Å². The molecule has 4 heteroatoms. The standard InChI is InChI=1S/C10H20F2NP.C2H6/c1-8(2)7-13-5-3-9(4-6-13)10(11,12)14;1-2/h8-9H,3-7,14H2,1-2H3;1-2H3. The topological polar surface area (TPSA) is 3.24 Å². The summed E-state index contributed by atoms with van der Waals surface area (Å²) < 4.78 is 25.9. The Kier molecular flexibility index (Phi) is 7.67. The predicted octanol–water partition coefficient (Wildman–Crippen LogP) is 3.85. The van der Waals surface area contributed by atoms with E-state index in [0.717, 1.165) is 19.6 Å². The highest BCUT2D eigenvalue weighted by atomic mass is 31.0. The molecule has 0 saturated carbocycles. The quantitative estimate of drug-likeness (QED) is 0.691. The van der Waals surface area contributed by atoms with Gasteiger partial charge in [0, 0.05) is 12.5 Å². The summed E-state index contributed by atoms with van der Waals surface area (Å²) >= 11 is 0. The SMILES string of the molecule is CC.CC(C)CN1CCC(C(F)(F)P)CC1. The Balaban J connectivity index is 0.00000106. The summed E-state index contributed by atoms with van der Waals surface area (Å²) in [6.07, 6.45) is 1.26. The first kappa shape index (κ1) is 16.2. The Hall–Kier alpha value is 0.250. The Morgan fingerprint density at radius 2 is 1.69 bits per heavy atom. The zero-order chi connectivity index (χ0) is 12.8. The number of piperidine rings is 1. The van der Waals surface area contributed by atoms with Gasteiger partial charge in [-0.2, -0.15) is 0 Å². The largest absolute Gasteiger partial charge is 0.303 e. The maximum atomic E-state index is 12.9. The molecule has 1 fully saturated rings. The third kappa shape index (κ3) is 6.10. The van der Waals surface area contributed by atoms with Gasteiger partial charge in [-0.25, -0.2) is 8.78 Å². The molecule has 16 heavy (non-hydrogen) atoms. The third-order valence-electron chi connectivity index (χ3n) is 2.76. The van der Waals surface area contributed by atoms with E-state index < -0.39 is 11.6 Å². The molecule has 1 aliphatic heterocycles. The monoisotopic (exact) mass is 253 g/mol. The predicted molar refractivity (Wildman–Crippen MR) is 70.0 cm³/mol. The second-order valence-electron chi connectivity index (χ2n) is 4.64. The van der Waals surface area contributed by atoms with E-state index in [1.54, 1.807) is 9.24 Å². The lowest BCUT2D eigenvalue weighted by molar-refractivity contribution is 0.00105. The van der Waals surface area contributed by atoms with E-state index in [1.165, 1.54) is 0 Å². The number of alkyl halides is 2. The zero-order valence-corrected chi connectivity index (χ0v) is 12.1. The molecule has 0 N–H and O–H groups in total. The zero-order valence-electron chi connectivity index (χ0n) is 11.0. The van der Waals surface area contributed by atoms with Gasteiger partial charge in [-0.3, -0.25) is 0 Å². The molecule has 0 spiro atoms. The Morgan fingerprint density at radius 1 is 1.25 bits per heavy atom. The number of halogens is 2. The molecule has 1 aliphatic rings. The van der Waals surface area contributed by atoms with Crippen LogP contribution < -0.4 is 0 Å². The number of nitrogens with zero attached hydrogens (tertiary/aromatic N) is 1. The first-order chi connectivity index (χ1) is 7.39. The van der Waals surface area contributed by atoms with Crippen molar-refractivity contribution in [2.45, 2.75) is 46.2 Å². The van der Waals surface area contributed by atoms with Gasteiger partial charge in [0.1, 0.15) is 0 Å². The van der Waals surface area contributed by atoms with Crippen LogP contribution in [-0.4, -0.2) is 30.2 Å². The van der Waals surface area contributed by atoms with E-state index >= 15 is 0 Å². The maximum absolute atomic E-state index is 12.9. The molecule has 0 aromatic carbocycles. The molecule has 98 valence electrons. The van der Waals surface area contributed by atoms with Gasteiger partial charge in [0.05, 0.1) is 0 Å². The van der Waals surface area contributed by atoms with Crippen LogP contribution in [0.25, 0.3) is 0 Å². The van der Waals surface area contributed by atoms with Crippen molar-refractivity contribution >= 4 is 9.24 Å². The summed E-state index contributed by atoms with van der Waals surface area (Å²) in [5.41, 5.74) is -2.57. The minimum atomic E-state index is -2.57. The molecule has 0 aromatic heterocycles. The summed E-state index contributed by atoms with van der Waals surface area (Å²) in [5, 5.41) is 0. The number of rotatable bonds is 3. The van der Waals surface area contributed by atoms with E-state index in [-0.39, 0.29) is 0 Å². The van der Waals surface area contributed by atoms with Gasteiger partial charge in [-0.15, -0.1) is 0 Å². The van der Waals surface area contributed by atoms with Crippen LogP contribution in [0, 0.1) is 11.8 Å². The molecule has 0 aliphatic carbocycles. The van der Waals surface area contributed by atoms with Crippen molar-refractivity contribution in [3.8, 4) is 0 Å². The van der Waals surface area contributed by atoms with Crippen LogP contribution in [0.1, 0.15) is 40.5 Å². The van der Waals surface area contributed by atoms with E-state index in [4.69, 9.17) is 0 Å². The van der Waals surface area contributed by atoms with E-state index in [9.17, 15) is 8.78 Å². The smallest absolute Gasteiger partial charge is 0.261 e. The van der Waals surface area contributed by atoms with Crippen LogP contribution in [0.5, 0.6) is 0 Å². The lowest BCUT2D eigenvalue weighted by atomic mass is 9.96. The Morgan fingerprint density at radius 3 is 2.00 bits per heavy atom. The van der Waals surface area contributed by atoms with Crippen LogP contribution >= 0.6 is 9.24 Å². The van der Waals surface area contributed by atoms with Crippen molar-refractivity contribution in [3.63, 3.8) is 0 Å². The van der Waals surface area contributed by atoms with Gasteiger partial charge in [0.15, 0.2) is 0 Å². The van der Waals surface area contributed by atoms with Gasteiger partial charge in [-0.1, -0.05) is 36.9 Å². The highest BCUT2D eigenvalue weighted by Crippen LogP contribution is 2.38. The fraction of sp³-hybridized carbons (Fsp3) is 1.00. The second kappa shape index (κ2) is 7.55. The van der Waals surface area contributed by atoms with Crippen molar-refractivity contribution in [2.75, 3.05) is 19.6 Å². The molecule has 0 bridgehead atoms. The summed E-state index contributed by atoms with van der Waals surface area (Å²) in [7, 11) is 1.68. The second-order valence-corrected chi connectivity index (χ2v) is 5.41. The van der Waals surface area contributed by atoms with Crippen LogP contribution in [-0.2, 0) is 0 Å². The number of hydrogen-bond acceptors (Lipinski definition) is 1. The molecule has 1 saturated heterocycles. The molecule has 1 rings (SSSR count). The fourth-order valence-electron chi connectivity index (χ4n) is 2.02. The molecule has 1 heterocycles. The molecule has 1 nitrogen and oxygen atoms in total. The highest BCUT2D eigenvalue weighted by Gasteiger charge is 2.36. The molecule has 1 unspecified atom stereocenters. The first-order valence-electron chi connectivity index (χ1n) is 6.28. The summed E-state index contributed by atoms with van der Waals surface area (Å²) in [6.45, 7) is 11.0. The molecular weight excluding hydrogens is 227 g/mol. The van der Waals surface area contributed by atoms with Crippen LogP contribution in [0.4, 0.5) is 8.78 Å². The number of likely N-dealkylation sites (tertiary alicyclic amines) is 1. The van der Waals surface area contributed by atoms with Crippen LogP contribution in [0.3, 0.4) is 0 Å². The minimum Gasteiger partial charge on any atom is -0.303 e. The maximum Gasteiger partial charge on any atom is 0.261 e. The number of hydrogen-bond donors (Lipinski definition) is 0. The van der Waals surface area contributed by atoms with Crippen molar-refractivity contribution in [1.82, 2.24) is 4.90 Å². The van der Waals surface area contributed by atoms with Crippen molar-refractivity contribution < 1.29 is 8.78 Å². The third-order valence-corrected chi connectivity index (χ3v) is 3.23. The van der Waals surface area contributed by atoms with Gasteiger partial charge >= 0.3 is 0 Å². The summed E-state index contributed by atoms with van der Waals surface area (Å²) in [6, 6.07) is 0. The van der Waals surface area contributed by atoms with E-state index in [0.29, 0.717) is 18.8 Å². The molecule has 0 aromatic rings. The molecule has 1 atom stereocenters. The molecule has 0 amide bonds. The lowest BCUT2D eigenvalue weighted by Gasteiger charge is -2.35. The van der Waals surface area contributed by atoms with E-state index in [1.807, 2.05) is 13.8 Å². The van der Waals surface area contributed by atoms with Gasteiger partial charge in [0.2, 0.25) is 0 Å². The van der Waals surface area contributed by atoms with Crippen molar-refractivity contribution in [2.24, 2.45) is 11.8 Å². The highest BCUT2D eigenvalue weighted by molar-refractivity contribution is 7.18. The van der Waals surface area contributed by atoms with Crippen LogP contribution in [0.15, 0.2) is 0 Å². The van der Waals surface area contributed by atoms with Gasteiger partial charge in [-0.05, 0) is 31.8 Å². The fourth-order valence-corrected chi connectivity index (χ4v) is 2.35. The van der Waals surface area contributed by atoms with Gasteiger partial charge in [0.25, 0.3) is 5.66 Å². The van der Waals surface area contributed by atoms with E-state index in [2.05, 4.69) is 18.7 Å². The average molecular weight is 253 g/mol.